The number of carbonyl (C=O) groups excluding carboxylic acids is 1. The fourth-order valence-electron chi connectivity index (χ4n) is 3.32. The van der Waals surface area contributed by atoms with Gasteiger partial charge in [0, 0.05) is 11.6 Å². The van der Waals surface area contributed by atoms with Crippen LogP contribution in [0.2, 0.25) is 5.02 Å². The molecule has 4 aromatic rings. The quantitative estimate of drug-likeness (QED) is 0.395. The van der Waals surface area contributed by atoms with Crippen LogP contribution in [0.5, 0.6) is 11.5 Å². The second-order valence-electron chi connectivity index (χ2n) is 6.93. The highest BCUT2D eigenvalue weighted by Crippen LogP contribution is 2.39. The Morgan fingerprint density at radius 3 is 2.67 bits per heavy atom. The molecule has 0 aliphatic rings. The van der Waals surface area contributed by atoms with E-state index in [1.54, 1.807) is 48.1 Å². The van der Waals surface area contributed by atoms with E-state index in [4.69, 9.17) is 21.1 Å². The van der Waals surface area contributed by atoms with Gasteiger partial charge in [-0.05, 0) is 25.1 Å². The number of thiophene rings is 1. The standard InChI is InChI=1S/C23H15ClN4O4S/c1-12(15-4-3-5-18(29)21(15)24)32-19-8-20(33-22(19)23(30)31-2)28-11-27-16-6-13(9-25)14(10-26)7-17(16)28/h3-8,11-12,29H,1-2H3/t12-/m1/s1. The molecule has 0 spiro atoms. The van der Waals surface area contributed by atoms with Crippen LogP contribution in [0, 0.1) is 22.7 Å². The second-order valence-corrected chi connectivity index (χ2v) is 8.34. The lowest BCUT2D eigenvalue weighted by Gasteiger charge is -2.16. The van der Waals surface area contributed by atoms with Crippen LogP contribution in [-0.2, 0) is 4.74 Å². The van der Waals surface area contributed by atoms with Crippen LogP contribution < -0.4 is 4.74 Å². The molecular weight excluding hydrogens is 464 g/mol. The molecule has 0 fully saturated rings. The summed E-state index contributed by atoms with van der Waals surface area (Å²) in [6, 6.07) is 13.6. The molecule has 0 aliphatic carbocycles. The molecule has 2 aromatic heterocycles. The smallest absolute Gasteiger partial charge is 0.351 e. The van der Waals surface area contributed by atoms with Crippen LogP contribution in [0.25, 0.3) is 16.0 Å². The largest absolute Gasteiger partial charge is 0.506 e. The summed E-state index contributed by atoms with van der Waals surface area (Å²) < 4.78 is 12.7. The van der Waals surface area contributed by atoms with Crippen LogP contribution >= 0.6 is 22.9 Å². The highest BCUT2D eigenvalue weighted by molar-refractivity contribution is 7.16. The maximum absolute atomic E-state index is 12.4. The summed E-state index contributed by atoms with van der Waals surface area (Å²) in [7, 11) is 1.27. The van der Waals surface area contributed by atoms with Gasteiger partial charge in [0.1, 0.15) is 41.1 Å². The number of rotatable bonds is 5. The lowest BCUT2D eigenvalue weighted by molar-refractivity contribution is 0.0600. The van der Waals surface area contributed by atoms with Crippen molar-refractivity contribution in [3.05, 3.63) is 69.3 Å². The molecule has 2 aromatic carbocycles. The summed E-state index contributed by atoms with van der Waals surface area (Å²) in [5.41, 5.74) is 2.13. The van der Waals surface area contributed by atoms with E-state index in [1.807, 2.05) is 12.1 Å². The van der Waals surface area contributed by atoms with Gasteiger partial charge in [0.05, 0.1) is 34.3 Å². The van der Waals surface area contributed by atoms with Crippen LogP contribution in [0.1, 0.15) is 39.4 Å². The van der Waals surface area contributed by atoms with Crippen LogP contribution in [0.3, 0.4) is 0 Å². The number of nitriles is 2. The van der Waals surface area contributed by atoms with Gasteiger partial charge in [-0.3, -0.25) is 4.57 Å². The van der Waals surface area contributed by atoms with Crippen molar-refractivity contribution in [2.24, 2.45) is 0 Å². The summed E-state index contributed by atoms with van der Waals surface area (Å²) in [6.07, 6.45) is 0.956. The molecule has 0 saturated heterocycles. The predicted octanol–water partition coefficient (Wildman–Crippen LogP) is 5.12. The van der Waals surface area contributed by atoms with Crippen molar-refractivity contribution in [2.45, 2.75) is 13.0 Å². The molecule has 0 bridgehead atoms. The van der Waals surface area contributed by atoms with Crippen molar-refractivity contribution in [2.75, 3.05) is 7.11 Å². The van der Waals surface area contributed by atoms with Crippen molar-refractivity contribution in [3.8, 4) is 28.6 Å². The second kappa shape index (κ2) is 8.83. The molecule has 0 saturated carbocycles. The fraction of sp³-hybridized carbons (Fsp3) is 0.130. The number of phenols is 1. The normalized spacial score (nSPS) is 11.5. The topological polar surface area (TPSA) is 121 Å². The molecule has 0 aliphatic heterocycles. The van der Waals surface area contributed by atoms with Gasteiger partial charge in [-0.25, -0.2) is 9.78 Å². The molecule has 4 rings (SSSR count). The Labute approximate surface area is 197 Å². The summed E-state index contributed by atoms with van der Waals surface area (Å²) in [5, 5.41) is 29.3. The van der Waals surface area contributed by atoms with Crippen molar-refractivity contribution >= 4 is 39.9 Å². The Balaban J connectivity index is 1.79. The van der Waals surface area contributed by atoms with E-state index in [1.165, 1.54) is 13.2 Å². The van der Waals surface area contributed by atoms with Gasteiger partial charge in [0.15, 0.2) is 4.88 Å². The summed E-state index contributed by atoms with van der Waals surface area (Å²) >= 11 is 7.33. The molecule has 8 nitrogen and oxygen atoms in total. The molecule has 164 valence electrons. The molecule has 1 atom stereocenters. The van der Waals surface area contributed by atoms with E-state index in [0.29, 0.717) is 21.6 Å². The van der Waals surface area contributed by atoms with E-state index in [2.05, 4.69) is 4.98 Å². The Hall–Kier alpha value is -4.05. The number of imidazole rings is 1. The molecule has 33 heavy (non-hydrogen) atoms. The first-order chi connectivity index (χ1) is 15.9. The van der Waals surface area contributed by atoms with Crippen LogP contribution in [0.15, 0.2) is 42.7 Å². The number of aromatic nitrogens is 2. The molecule has 10 heteroatoms. The van der Waals surface area contributed by atoms with Crippen molar-refractivity contribution in [1.29, 1.82) is 10.5 Å². The fourth-order valence-corrected chi connectivity index (χ4v) is 4.60. The maximum Gasteiger partial charge on any atom is 0.351 e. The molecule has 1 N–H and O–H groups in total. The minimum absolute atomic E-state index is 0.0706. The predicted molar refractivity (Wildman–Crippen MR) is 122 cm³/mol. The number of fused-ring (bicyclic) bond motifs is 1. The van der Waals surface area contributed by atoms with Gasteiger partial charge in [-0.15, -0.1) is 11.3 Å². The van der Waals surface area contributed by atoms with Gasteiger partial charge in [0.2, 0.25) is 0 Å². The number of benzene rings is 2. The Morgan fingerprint density at radius 2 is 1.97 bits per heavy atom. The monoisotopic (exact) mass is 478 g/mol. The van der Waals surface area contributed by atoms with Crippen LogP contribution in [-0.4, -0.2) is 27.7 Å². The average molecular weight is 479 g/mol. The zero-order valence-electron chi connectivity index (χ0n) is 17.4. The molecule has 0 unspecified atom stereocenters. The molecule has 0 radical (unpaired) electrons. The zero-order chi connectivity index (χ0) is 23.7. The van der Waals surface area contributed by atoms with E-state index in [0.717, 1.165) is 11.3 Å². The van der Waals surface area contributed by atoms with Crippen LogP contribution in [0.4, 0.5) is 0 Å². The number of hydrogen-bond donors (Lipinski definition) is 1. The SMILES string of the molecule is COC(=O)c1sc(-n2cnc3cc(C#N)c(C#N)cc32)cc1O[C@H](C)c1cccc(O)c1Cl. The average Bonchev–Trinajstić information content (AvgIpc) is 3.42. The van der Waals surface area contributed by atoms with Crippen molar-refractivity contribution in [3.63, 3.8) is 0 Å². The lowest BCUT2D eigenvalue weighted by Crippen LogP contribution is -2.07. The van der Waals surface area contributed by atoms with E-state index in [-0.39, 0.29) is 32.5 Å². The number of aromatic hydroxyl groups is 1. The van der Waals surface area contributed by atoms with Gasteiger partial charge in [0.25, 0.3) is 0 Å². The Morgan fingerprint density at radius 1 is 1.24 bits per heavy atom. The minimum Gasteiger partial charge on any atom is -0.506 e. The lowest BCUT2D eigenvalue weighted by atomic mass is 10.1. The number of carbonyl (C=O) groups is 1. The maximum atomic E-state index is 12.4. The van der Waals surface area contributed by atoms with E-state index in [9.17, 15) is 20.4 Å². The first kappa shape index (κ1) is 22.2. The van der Waals surface area contributed by atoms with Gasteiger partial charge in [-0.2, -0.15) is 10.5 Å². The van der Waals surface area contributed by atoms with Gasteiger partial charge >= 0.3 is 5.97 Å². The third-order valence-electron chi connectivity index (χ3n) is 4.97. The van der Waals surface area contributed by atoms with Crippen molar-refractivity contribution in [1.82, 2.24) is 9.55 Å². The Kier molecular flexibility index (Phi) is 5.93. The van der Waals surface area contributed by atoms with Gasteiger partial charge < -0.3 is 14.6 Å². The minimum atomic E-state index is -0.585. The third-order valence-corrected chi connectivity index (χ3v) is 6.48. The highest BCUT2D eigenvalue weighted by atomic mass is 35.5. The highest BCUT2D eigenvalue weighted by Gasteiger charge is 2.23. The summed E-state index contributed by atoms with van der Waals surface area (Å²) in [5.74, 6) is -0.382. The number of esters is 1. The van der Waals surface area contributed by atoms with E-state index < -0.39 is 12.1 Å². The summed E-state index contributed by atoms with van der Waals surface area (Å²) in [4.78, 5) is 17.0. The number of hydrogen-bond acceptors (Lipinski definition) is 8. The zero-order valence-corrected chi connectivity index (χ0v) is 18.9. The number of methoxy groups -OCH3 is 1. The summed E-state index contributed by atoms with van der Waals surface area (Å²) in [6.45, 7) is 1.74. The molecule has 0 amide bonds. The molecular formula is C23H15ClN4O4S. The third kappa shape index (κ3) is 3.96. The van der Waals surface area contributed by atoms with E-state index >= 15 is 0 Å². The molecule has 2 heterocycles. The van der Waals surface area contributed by atoms with Gasteiger partial charge in [-0.1, -0.05) is 23.7 Å². The first-order valence-corrected chi connectivity index (χ1v) is 10.7. The number of ether oxygens (including phenoxy) is 2. The first-order valence-electron chi connectivity index (χ1n) is 9.55. The number of halogens is 1. The Bertz CT molecular complexity index is 1480. The number of nitrogens with zero attached hydrogens (tertiary/aromatic N) is 4. The van der Waals surface area contributed by atoms with Crippen molar-refractivity contribution < 1.29 is 19.4 Å². The number of phenolic OH excluding ortho intramolecular Hbond substituents is 1.